The highest BCUT2D eigenvalue weighted by atomic mass is 16.5. The van der Waals surface area contributed by atoms with Crippen LogP contribution in [0.2, 0.25) is 0 Å². The number of hydrogen-bond donors (Lipinski definition) is 1. The number of aryl methyl sites for hydroxylation is 1. The minimum absolute atomic E-state index is 0.0106. The van der Waals surface area contributed by atoms with Crippen molar-refractivity contribution in [2.45, 2.75) is 25.9 Å². The fourth-order valence-corrected chi connectivity index (χ4v) is 2.03. The van der Waals surface area contributed by atoms with Crippen molar-refractivity contribution >= 4 is 11.9 Å². The normalized spacial score (nSPS) is 18.9. The zero-order valence-corrected chi connectivity index (χ0v) is 11.3. The first kappa shape index (κ1) is 14.4. The van der Waals surface area contributed by atoms with E-state index in [0.717, 1.165) is 5.69 Å². The van der Waals surface area contributed by atoms with Gasteiger partial charge < -0.3 is 14.7 Å². The Kier molecular flexibility index (Phi) is 4.62. The predicted octanol–water partition coefficient (Wildman–Crippen LogP) is 0.550. The molecule has 7 heteroatoms. The van der Waals surface area contributed by atoms with E-state index in [9.17, 15) is 9.59 Å². The smallest absolute Gasteiger partial charge is 0.303 e. The molecule has 1 unspecified atom stereocenters. The van der Waals surface area contributed by atoms with Crippen LogP contribution in [-0.2, 0) is 14.3 Å². The van der Waals surface area contributed by atoms with Crippen molar-refractivity contribution < 1.29 is 19.4 Å². The molecule has 1 saturated heterocycles. The van der Waals surface area contributed by atoms with Gasteiger partial charge in [0.15, 0.2) is 5.82 Å². The summed E-state index contributed by atoms with van der Waals surface area (Å²) in [6, 6.07) is 1.79. The second kappa shape index (κ2) is 6.42. The first-order chi connectivity index (χ1) is 9.56. The van der Waals surface area contributed by atoms with Gasteiger partial charge in [0, 0.05) is 24.9 Å². The van der Waals surface area contributed by atoms with E-state index in [2.05, 4.69) is 9.97 Å². The average molecular weight is 279 g/mol. The second-order valence-corrected chi connectivity index (χ2v) is 4.65. The van der Waals surface area contributed by atoms with Gasteiger partial charge in [0.1, 0.15) is 6.10 Å². The Labute approximate surface area is 116 Å². The molecule has 7 nitrogen and oxygen atoms in total. The van der Waals surface area contributed by atoms with Crippen molar-refractivity contribution in [3.63, 3.8) is 0 Å². The Hall–Kier alpha value is -2.02. The van der Waals surface area contributed by atoms with Gasteiger partial charge >= 0.3 is 5.97 Å². The van der Waals surface area contributed by atoms with Crippen LogP contribution in [0.5, 0.6) is 0 Å². The van der Waals surface area contributed by atoms with Gasteiger partial charge in [-0.25, -0.2) is 9.97 Å². The fourth-order valence-electron chi connectivity index (χ4n) is 2.03. The number of amides is 1. The van der Waals surface area contributed by atoms with Crippen molar-refractivity contribution in [2.75, 3.05) is 19.7 Å². The predicted molar refractivity (Wildman–Crippen MR) is 68.9 cm³/mol. The number of carbonyl (C=O) groups is 2. The van der Waals surface area contributed by atoms with Crippen molar-refractivity contribution in [1.82, 2.24) is 14.9 Å². The molecule has 20 heavy (non-hydrogen) atoms. The van der Waals surface area contributed by atoms with Crippen molar-refractivity contribution in [3.8, 4) is 0 Å². The van der Waals surface area contributed by atoms with E-state index in [1.807, 2.05) is 6.92 Å². The molecular weight excluding hydrogens is 262 g/mol. The number of hydrogen-bond acceptors (Lipinski definition) is 5. The average Bonchev–Trinajstić information content (AvgIpc) is 2.45. The summed E-state index contributed by atoms with van der Waals surface area (Å²) in [7, 11) is 0. The molecule has 0 radical (unpaired) electrons. The number of carboxylic acid groups (broad SMARTS) is 1. The quantitative estimate of drug-likeness (QED) is 0.865. The first-order valence-corrected chi connectivity index (χ1v) is 6.47. The van der Waals surface area contributed by atoms with Gasteiger partial charge in [-0.3, -0.25) is 9.59 Å². The molecule has 0 spiro atoms. The molecule has 2 rings (SSSR count). The molecule has 1 fully saturated rings. The Morgan fingerprint density at radius 3 is 3.00 bits per heavy atom. The van der Waals surface area contributed by atoms with Crippen LogP contribution in [0.3, 0.4) is 0 Å². The summed E-state index contributed by atoms with van der Waals surface area (Å²) in [6.45, 7) is 3.10. The van der Waals surface area contributed by atoms with Crippen LogP contribution in [0.25, 0.3) is 0 Å². The standard InChI is InChI=1S/C13H17N3O4/c1-9-4-5-14-13(15-9)10-8-16(6-7-20-10)11(17)2-3-12(18)19/h4-5,10H,2-3,6-8H2,1H3,(H,18,19). The summed E-state index contributed by atoms with van der Waals surface area (Å²) >= 11 is 0. The van der Waals surface area contributed by atoms with E-state index >= 15 is 0 Å². The van der Waals surface area contributed by atoms with E-state index in [-0.39, 0.29) is 24.9 Å². The number of rotatable bonds is 4. The molecule has 1 N–H and O–H groups in total. The maximum Gasteiger partial charge on any atom is 0.303 e. The topological polar surface area (TPSA) is 92.6 Å². The van der Waals surface area contributed by atoms with Crippen LogP contribution in [0.1, 0.15) is 30.5 Å². The summed E-state index contributed by atoms with van der Waals surface area (Å²) in [6.07, 6.45) is 1.17. The zero-order valence-electron chi connectivity index (χ0n) is 11.3. The molecule has 1 aromatic rings. The lowest BCUT2D eigenvalue weighted by Crippen LogP contribution is -2.42. The number of aliphatic carboxylic acids is 1. The molecule has 108 valence electrons. The number of nitrogens with zero attached hydrogens (tertiary/aromatic N) is 3. The summed E-state index contributed by atoms with van der Waals surface area (Å²) in [4.78, 5) is 32.5. The Morgan fingerprint density at radius 2 is 2.30 bits per heavy atom. The summed E-state index contributed by atoms with van der Waals surface area (Å²) in [5, 5.41) is 8.61. The van der Waals surface area contributed by atoms with Gasteiger partial charge in [0.2, 0.25) is 5.91 Å². The minimum Gasteiger partial charge on any atom is -0.481 e. The van der Waals surface area contributed by atoms with Gasteiger partial charge in [0.25, 0.3) is 0 Å². The molecular formula is C13H17N3O4. The van der Waals surface area contributed by atoms with E-state index in [0.29, 0.717) is 25.5 Å². The third kappa shape index (κ3) is 3.74. The SMILES string of the molecule is Cc1ccnc(C2CN(C(=O)CCC(=O)O)CCO2)n1. The highest BCUT2D eigenvalue weighted by Crippen LogP contribution is 2.19. The maximum atomic E-state index is 11.9. The van der Waals surface area contributed by atoms with Crippen LogP contribution in [-0.4, -0.2) is 51.5 Å². The van der Waals surface area contributed by atoms with Crippen LogP contribution in [0, 0.1) is 6.92 Å². The molecule has 2 heterocycles. The molecule has 0 aromatic carbocycles. The minimum atomic E-state index is -0.967. The fraction of sp³-hybridized carbons (Fsp3) is 0.538. The Balaban J connectivity index is 1.98. The van der Waals surface area contributed by atoms with E-state index in [1.54, 1.807) is 17.2 Å². The first-order valence-electron chi connectivity index (χ1n) is 6.47. The molecule has 0 saturated carbocycles. The monoisotopic (exact) mass is 279 g/mol. The highest BCUT2D eigenvalue weighted by molar-refractivity contribution is 5.80. The van der Waals surface area contributed by atoms with E-state index in [1.165, 1.54) is 0 Å². The number of aromatic nitrogens is 2. The molecule has 1 amide bonds. The highest BCUT2D eigenvalue weighted by Gasteiger charge is 2.27. The molecule has 1 aromatic heterocycles. The van der Waals surface area contributed by atoms with Gasteiger partial charge in [0.05, 0.1) is 19.6 Å². The van der Waals surface area contributed by atoms with Crippen LogP contribution >= 0.6 is 0 Å². The van der Waals surface area contributed by atoms with Gasteiger partial charge in [-0.2, -0.15) is 0 Å². The Morgan fingerprint density at radius 1 is 1.50 bits per heavy atom. The lowest BCUT2D eigenvalue weighted by atomic mass is 10.2. The number of carboxylic acids is 1. The van der Waals surface area contributed by atoms with Crippen molar-refractivity contribution in [1.29, 1.82) is 0 Å². The second-order valence-electron chi connectivity index (χ2n) is 4.65. The maximum absolute atomic E-state index is 11.9. The lowest BCUT2D eigenvalue weighted by Gasteiger charge is -2.32. The summed E-state index contributed by atoms with van der Waals surface area (Å²) in [5.74, 6) is -0.584. The van der Waals surface area contributed by atoms with Crippen molar-refractivity contribution in [2.24, 2.45) is 0 Å². The van der Waals surface area contributed by atoms with Gasteiger partial charge in [-0.1, -0.05) is 0 Å². The zero-order chi connectivity index (χ0) is 14.5. The lowest BCUT2D eigenvalue weighted by molar-refractivity contribution is -0.144. The number of ether oxygens (including phenoxy) is 1. The largest absolute Gasteiger partial charge is 0.481 e. The molecule has 1 atom stereocenters. The van der Waals surface area contributed by atoms with E-state index < -0.39 is 5.97 Å². The van der Waals surface area contributed by atoms with Crippen LogP contribution < -0.4 is 0 Å². The van der Waals surface area contributed by atoms with Gasteiger partial charge in [-0.15, -0.1) is 0 Å². The third-order valence-electron chi connectivity index (χ3n) is 3.07. The number of morpholine rings is 1. The third-order valence-corrected chi connectivity index (χ3v) is 3.07. The van der Waals surface area contributed by atoms with Crippen LogP contribution in [0.4, 0.5) is 0 Å². The molecule has 1 aliphatic heterocycles. The summed E-state index contributed by atoms with van der Waals surface area (Å²) < 4.78 is 5.59. The summed E-state index contributed by atoms with van der Waals surface area (Å²) in [5.41, 5.74) is 0.841. The number of carbonyl (C=O) groups excluding carboxylic acids is 1. The Bertz CT molecular complexity index is 506. The van der Waals surface area contributed by atoms with Gasteiger partial charge in [-0.05, 0) is 13.0 Å². The van der Waals surface area contributed by atoms with Crippen molar-refractivity contribution in [3.05, 3.63) is 23.8 Å². The van der Waals surface area contributed by atoms with E-state index in [4.69, 9.17) is 9.84 Å². The molecule has 0 aliphatic carbocycles. The molecule has 1 aliphatic rings. The molecule has 0 bridgehead atoms. The van der Waals surface area contributed by atoms with Crippen LogP contribution in [0.15, 0.2) is 12.3 Å².